The molecule has 0 atom stereocenters. The standard InChI is InChI=1S/C12H16N4O3/c1-7-8(2)14-15-12(7)13-9(17)5-6-16-10(18)3-4-11(16)19/h3-6H2,1-2H3,(H2,13,14,15,17). The molecule has 7 nitrogen and oxygen atoms in total. The van der Waals surface area contributed by atoms with E-state index < -0.39 is 0 Å². The Bertz CT molecular complexity index is 519. The molecular weight excluding hydrogens is 248 g/mol. The van der Waals surface area contributed by atoms with Crippen molar-refractivity contribution in [2.75, 3.05) is 11.9 Å². The zero-order chi connectivity index (χ0) is 14.0. The minimum absolute atomic E-state index is 0.0861. The zero-order valence-electron chi connectivity index (χ0n) is 10.9. The summed E-state index contributed by atoms with van der Waals surface area (Å²) in [7, 11) is 0. The summed E-state index contributed by atoms with van der Waals surface area (Å²) in [5.41, 5.74) is 1.77. The van der Waals surface area contributed by atoms with Crippen molar-refractivity contribution in [3.8, 4) is 0 Å². The molecule has 7 heteroatoms. The van der Waals surface area contributed by atoms with Crippen molar-refractivity contribution in [1.82, 2.24) is 15.1 Å². The first-order valence-electron chi connectivity index (χ1n) is 6.13. The Kier molecular flexibility index (Phi) is 3.64. The van der Waals surface area contributed by atoms with Gasteiger partial charge in [0, 0.05) is 37.1 Å². The van der Waals surface area contributed by atoms with Crippen LogP contribution in [0, 0.1) is 13.8 Å². The third-order valence-electron chi connectivity index (χ3n) is 3.23. The summed E-state index contributed by atoms with van der Waals surface area (Å²) < 4.78 is 0. The average molecular weight is 264 g/mol. The predicted octanol–water partition coefficient (Wildman–Crippen LogP) is 0.504. The fourth-order valence-corrected chi connectivity index (χ4v) is 1.89. The highest BCUT2D eigenvalue weighted by Gasteiger charge is 2.28. The van der Waals surface area contributed by atoms with Gasteiger partial charge in [-0.1, -0.05) is 0 Å². The normalized spacial score (nSPS) is 15.2. The van der Waals surface area contributed by atoms with Gasteiger partial charge in [0.15, 0.2) is 5.82 Å². The number of hydrogen-bond acceptors (Lipinski definition) is 4. The number of anilines is 1. The minimum atomic E-state index is -0.262. The molecule has 0 bridgehead atoms. The second kappa shape index (κ2) is 5.21. The van der Waals surface area contributed by atoms with E-state index in [9.17, 15) is 14.4 Å². The van der Waals surface area contributed by atoms with Crippen molar-refractivity contribution in [3.05, 3.63) is 11.3 Å². The van der Waals surface area contributed by atoms with Crippen LogP contribution in [0.2, 0.25) is 0 Å². The van der Waals surface area contributed by atoms with E-state index in [1.54, 1.807) is 0 Å². The van der Waals surface area contributed by atoms with Crippen LogP contribution in [0.15, 0.2) is 0 Å². The van der Waals surface area contributed by atoms with Crippen LogP contribution in [0.3, 0.4) is 0 Å². The largest absolute Gasteiger partial charge is 0.309 e. The van der Waals surface area contributed by atoms with Crippen molar-refractivity contribution in [1.29, 1.82) is 0 Å². The number of carbonyl (C=O) groups is 3. The molecule has 1 aliphatic heterocycles. The molecule has 1 aromatic heterocycles. The number of carbonyl (C=O) groups excluding carboxylic acids is 3. The molecule has 19 heavy (non-hydrogen) atoms. The van der Waals surface area contributed by atoms with E-state index in [2.05, 4.69) is 15.5 Å². The molecule has 1 aromatic rings. The fraction of sp³-hybridized carbons (Fsp3) is 0.500. The number of nitrogens with zero attached hydrogens (tertiary/aromatic N) is 2. The first-order valence-corrected chi connectivity index (χ1v) is 6.13. The maximum atomic E-state index is 11.7. The summed E-state index contributed by atoms with van der Waals surface area (Å²) in [6, 6.07) is 0. The lowest BCUT2D eigenvalue weighted by Gasteiger charge is -2.12. The number of aromatic amines is 1. The Hall–Kier alpha value is -2.18. The van der Waals surface area contributed by atoms with Crippen LogP contribution in [0.5, 0.6) is 0 Å². The van der Waals surface area contributed by atoms with Gasteiger partial charge in [-0.2, -0.15) is 5.10 Å². The number of nitrogens with one attached hydrogen (secondary N) is 2. The monoisotopic (exact) mass is 264 g/mol. The Balaban J connectivity index is 1.87. The predicted molar refractivity (Wildman–Crippen MR) is 67.3 cm³/mol. The van der Waals surface area contributed by atoms with E-state index in [4.69, 9.17) is 0 Å². The van der Waals surface area contributed by atoms with Gasteiger partial charge in [-0.05, 0) is 13.8 Å². The Morgan fingerprint density at radius 1 is 1.32 bits per heavy atom. The summed E-state index contributed by atoms with van der Waals surface area (Å²) in [6.07, 6.45) is 0.582. The highest BCUT2D eigenvalue weighted by molar-refractivity contribution is 6.02. The van der Waals surface area contributed by atoms with Crippen LogP contribution < -0.4 is 5.32 Å². The van der Waals surface area contributed by atoms with Gasteiger partial charge in [-0.3, -0.25) is 24.4 Å². The Morgan fingerprint density at radius 3 is 2.47 bits per heavy atom. The molecule has 0 unspecified atom stereocenters. The second-order valence-electron chi connectivity index (χ2n) is 4.56. The van der Waals surface area contributed by atoms with Crippen molar-refractivity contribution >= 4 is 23.5 Å². The molecule has 2 heterocycles. The molecule has 2 rings (SSSR count). The van der Waals surface area contributed by atoms with Crippen LogP contribution in [-0.4, -0.2) is 39.4 Å². The maximum absolute atomic E-state index is 11.7. The molecular formula is C12H16N4O3. The van der Waals surface area contributed by atoms with Gasteiger partial charge < -0.3 is 5.32 Å². The van der Waals surface area contributed by atoms with Crippen molar-refractivity contribution in [3.63, 3.8) is 0 Å². The summed E-state index contributed by atoms with van der Waals surface area (Å²) in [4.78, 5) is 35.6. The van der Waals surface area contributed by atoms with Crippen LogP contribution in [0.1, 0.15) is 30.5 Å². The lowest BCUT2D eigenvalue weighted by atomic mass is 10.2. The van der Waals surface area contributed by atoms with Crippen molar-refractivity contribution in [2.45, 2.75) is 33.1 Å². The van der Waals surface area contributed by atoms with Gasteiger partial charge in [-0.15, -0.1) is 0 Å². The van der Waals surface area contributed by atoms with Crippen molar-refractivity contribution < 1.29 is 14.4 Å². The van der Waals surface area contributed by atoms with E-state index in [1.807, 2.05) is 13.8 Å². The molecule has 1 saturated heterocycles. The van der Waals surface area contributed by atoms with Gasteiger partial charge in [-0.25, -0.2) is 0 Å². The third-order valence-corrected chi connectivity index (χ3v) is 3.23. The Labute approximate surface area is 110 Å². The van der Waals surface area contributed by atoms with Crippen LogP contribution in [0.4, 0.5) is 5.82 Å². The fourth-order valence-electron chi connectivity index (χ4n) is 1.89. The van der Waals surface area contributed by atoms with Crippen LogP contribution in [0.25, 0.3) is 0 Å². The molecule has 102 valence electrons. The molecule has 2 N–H and O–H groups in total. The number of imide groups is 1. The van der Waals surface area contributed by atoms with E-state index in [0.717, 1.165) is 16.2 Å². The maximum Gasteiger partial charge on any atom is 0.229 e. The SMILES string of the molecule is Cc1[nH]nc(NC(=O)CCN2C(=O)CCC2=O)c1C. The number of hydrogen-bond donors (Lipinski definition) is 2. The summed E-state index contributed by atoms with van der Waals surface area (Å²) in [5.74, 6) is -0.183. The number of H-pyrrole nitrogens is 1. The van der Waals surface area contributed by atoms with E-state index in [0.29, 0.717) is 5.82 Å². The van der Waals surface area contributed by atoms with Crippen LogP contribution >= 0.6 is 0 Å². The summed E-state index contributed by atoms with van der Waals surface area (Å²) in [6.45, 7) is 3.84. The molecule has 0 radical (unpaired) electrons. The number of aryl methyl sites for hydroxylation is 1. The van der Waals surface area contributed by atoms with Gasteiger partial charge >= 0.3 is 0 Å². The summed E-state index contributed by atoms with van der Waals surface area (Å²) in [5, 5.41) is 9.38. The lowest BCUT2D eigenvalue weighted by Crippen LogP contribution is -2.32. The molecule has 1 fully saturated rings. The second-order valence-corrected chi connectivity index (χ2v) is 4.56. The molecule has 0 spiro atoms. The van der Waals surface area contributed by atoms with E-state index in [1.165, 1.54) is 0 Å². The molecule has 0 aromatic carbocycles. The highest BCUT2D eigenvalue weighted by Crippen LogP contribution is 2.15. The molecule has 1 aliphatic rings. The van der Waals surface area contributed by atoms with Crippen molar-refractivity contribution in [2.24, 2.45) is 0 Å². The topological polar surface area (TPSA) is 95.2 Å². The number of amides is 3. The third kappa shape index (κ3) is 2.81. The number of aromatic nitrogens is 2. The van der Waals surface area contributed by atoms with Crippen LogP contribution in [-0.2, 0) is 14.4 Å². The summed E-state index contributed by atoms with van der Waals surface area (Å²) >= 11 is 0. The number of likely N-dealkylation sites (tertiary alicyclic amines) is 1. The highest BCUT2D eigenvalue weighted by atomic mass is 16.2. The van der Waals surface area contributed by atoms with Gasteiger partial charge in [0.2, 0.25) is 17.7 Å². The minimum Gasteiger partial charge on any atom is -0.309 e. The first-order chi connectivity index (χ1) is 8.99. The van der Waals surface area contributed by atoms with Gasteiger partial charge in [0.25, 0.3) is 0 Å². The Morgan fingerprint density at radius 2 is 1.95 bits per heavy atom. The first kappa shape index (κ1) is 13.3. The van der Waals surface area contributed by atoms with Gasteiger partial charge in [0.1, 0.15) is 0 Å². The average Bonchev–Trinajstić information content (AvgIpc) is 2.85. The molecule has 3 amide bonds. The zero-order valence-corrected chi connectivity index (χ0v) is 10.9. The molecule has 0 aliphatic carbocycles. The quantitative estimate of drug-likeness (QED) is 0.774. The van der Waals surface area contributed by atoms with Gasteiger partial charge in [0.05, 0.1) is 0 Å². The lowest BCUT2D eigenvalue weighted by molar-refractivity contribution is -0.138. The molecule has 0 saturated carbocycles. The smallest absolute Gasteiger partial charge is 0.229 e. The number of rotatable bonds is 4. The van der Waals surface area contributed by atoms with E-state index in [-0.39, 0.29) is 43.5 Å². The van der Waals surface area contributed by atoms with E-state index >= 15 is 0 Å².